The number of para-hydroxylation sites is 1. The van der Waals surface area contributed by atoms with Crippen LogP contribution < -0.4 is 4.90 Å². The van der Waals surface area contributed by atoms with Crippen molar-refractivity contribution in [3.05, 3.63) is 36.0 Å². The normalized spacial score (nSPS) is 17.2. The van der Waals surface area contributed by atoms with Gasteiger partial charge >= 0.3 is 11.8 Å². The number of hydrogen-bond acceptors (Lipinski definition) is 5. The number of carbonyl (C=O) groups is 2. The SMILES string of the molecule is N#Cc1cnc2ccccc2c1N1CCN(C(=O)C(=O)N2CCCC2)CC1. The number of nitrogens with zero attached hydrogens (tertiary/aromatic N) is 5. The summed E-state index contributed by atoms with van der Waals surface area (Å²) in [5.41, 5.74) is 2.23. The van der Waals surface area contributed by atoms with Crippen LogP contribution in [-0.4, -0.2) is 65.9 Å². The Morgan fingerprint density at radius 3 is 2.22 bits per heavy atom. The van der Waals surface area contributed by atoms with E-state index in [2.05, 4.69) is 16.0 Å². The molecule has 2 fully saturated rings. The molecule has 138 valence electrons. The maximum atomic E-state index is 12.5. The highest BCUT2D eigenvalue weighted by Gasteiger charge is 2.31. The van der Waals surface area contributed by atoms with Gasteiger partial charge in [-0.05, 0) is 18.9 Å². The highest BCUT2D eigenvalue weighted by molar-refractivity contribution is 6.35. The molecule has 2 amide bonds. The van der Waals surface area contributed by atoms with Gasteiger partial charge in [-0.15, -0.1) is 0 Å². The maximum absolute atomic E-state index is 12.5. The molecule has 0 bridgehead atoms. The van der Waals surface area contributed by atoms with Gasteiger partial charge in [0.15, 0.2) is 0 Å². The summed E-state index contributed by atoms with van der Waals surface area (Å²) in [5.74, 6) is -0.787. The molecule has 3 heterocycles. The molecule has 27 heavy (non-hydrogen) atoms. The second-order valence-corrected chi connectivity index (χ2v) is 6.93. The molecule has 0 aliphatic carbocycles. The summed E-state index contributed by atoms with van der Waals surface area (Å²) in [6.07, 6.45) is 3.55. The number of rotatable bonds is 1. The van der Waals surface area contributed by atoms with E-state index in [0.717, 1.165) is 29.4 Å². The number of anilines is 1. The summed E-state index contributed by atoms with van der Waals surface area (Å²) in [7, 11) is 0. The van der Waals surface area contributed by atoms with Crippen molar-refractivity contribution in [1.29, 1.82) is 5.26 Å². The molecule has 7 heteroatoms. The van der Waals surface area contributed by atoms with Crippen LogP contribution >= 0.6 is 0 Å². The second-order valence-electron chi connectivity index (χ2n) is 6.93. The van der Waals surface area contributed by atoms with Gasteiger partial charge in [-0.3, -0.25) is 14.6 Å². The maximum Gasteiger partial charge on any atom is 0.312 e. The Morgan fingerprint density at radius 1 is 0.926 bits per heavy atom. The molecule has 2 saturated heterocycles. The Morgan fingerprint density at radius 2 is 1.56 bits per heavy atom. The lowest BCUT2D eigenvalue weighted by molar-refractivity contribution is -0.151. The van der Waals surface area contributed by atoms with Crippen LogP contribution in [0.5, 0.6) is 0 Å². The highest BCUT2D eigenvalue weighted by Crippen LogP contribution is 2.30. The first-order chi connectivity index (χ1) is 13.2. The van der Waals surface area contributed by atoms with E-state index in [1.165, 1.54) is 0 Å². The quantitative estimate of drug-likeness (QED) is 0.715. The van der Waals surface area contributed by atoms with Crippen molar-refractivity contribution in [2.24, 2.45) is 0 Å². The minimum Gasteiger partial charge on any atom is -0.366 e. The van der Waals surface area contributed by atoms with Crippen molar-refractivity contribution >= 4 is 28.4 Å². The molecule has 1 aromatic heterocycles. The van der Waals surface area contributed by atoms with E-state index in [-0.39, 0.29) is 5.91 Å². The van der Waals surface area contributed by atoms with Gasteiger partial charge in [0.1, 0.15) is 6.07 Å². The number of hydrogen-bond donors (Lipinski definition) is 0. The summed E-state index contributed by atoms with van der Waals surface area (Å²) in [4.78, 5) is 34.6. The van der Waals surface area contributed by atoms with Crippen molar-refractivity contribution in [3.8, 4) is 6.07 Å². The molecule has 0 saturated carbocycles. The number of aromatic nitrogens is 1. The number of likely N-dealkylation sites (tertiary alicyclic amines) is 1. The molecule has 0 atom stereocenters. The predicted octanol–water partition coefficient (Wildman–Crippen LogP) is 1.38. The van der Waals surface area contributed by atoms with Crippen molar-refractivity contribution in [2.45, 2.75) is 12.8 Å². The number of carbonyl (C=O) groups excluding carboxylic acids is 2. The second kappa shape index (κ2) is 7.23. The monoisotopic (exact) mass is 363 g/mol. The highest BCUT2D eigenvalue weighted by atomic mass is 16.2. The van der Waals surface area contributed by atoms with Crippen LogP contribution in [0.4, 0.5) is 5.69 Å². The molecule has 0 spiro atoms. The Kier molecular flexibility index (Phi) is 4.63. The number of amides is 2. The van der Waals surface area contributed by atoms with Gasteiger partial charge in [0.2, 0.25) is 0 Å². The molecule has 2 aromatic rings. The zero-order valence-electron chi connectivity index (χ0n) is 15.1. The van der Waals surface area contributed by atoms with Gasteiger partial charge in [0.05, 0.1) is 16.8 Å². The van der Waals surface area contributed by atoms with Crippen LogP contribution in [0.3, 0.4) is 0 Å². The first-order valence-corrected chi connectivity index (χ1v) is 9.30. The third-order valence-electron chi connectivity index (χ3n) is 5.33. The zero-order chi connectivity index (χ0) is 18.8. The number of nitriles is 1. The van der Waals surface area contributed by atoms with Crippen LogP contribution in [0.1, 0.15) is 18.4 Å². The van der Waals surface area contributed by atoms with E-state index in [4.69, 9.17) is 0 Å². The Labute approximate surface area is 157 Å². The lowest BCUT2D eigenvalue weighted by Gasteiger charge is -2.37. The third kappa shape index (κ3) is 3.19. The predicted molar refractivity (Wildman–Crippen MR) is 101 cm³/mol. The van der Waals surface area contributed by atoms with Gasteiger partial charge in [0.25, 0.3) is 0 Å². The molecule has 2 aliphatic rings. The van der Waals surface area contributed by atoms with Crippen LogP contribution in [-0.2, 0) is 9.59 Å². The molecule has 4 rings (SSSR count). The molecule has 0 radical (unpaired) electrons. The van der Waals surface area contributed by atoms with E-state index >= 15 is 0 Å². The lowest BCUT2D eigenvalue weighted by Crippen LogP contribution is -2.53. The van der Waals surface area contributed by atoms with E-state index in [1.54, 1.807) is 16.0 Å². The largest absolute Gasteiger partial charge is 0.366 e. The van der Waals surface area contributed by atoms with Gasteiger partial charge in [-0.2, -0.15) is 5.26 Å². The minimum absolute atomic E-state index is 0.381. The summed E-state index contributed by atoms with van der Waals surface area (Å²) >= 11 is 0. The van der Waals surface area contributed by atoms with Gasteiger partial charge in [0, 0.05) is 50.9 Å². The summed E-state index contributed by atoms with van der Waals surface area (Å²) in [5, 5.41) is 10.4. The van der Waals surface area contributed by atoms with Crippen LogP contribution in [0.25, 0.3) is 10.9 Å². The van der Waals surface area contributed by atoms with Crippen molar-refractivity contribution in [1.82, 2.24) is 14.8 Å². The summed E-state index contributed by atoms with van der Waals surface area (Å²) < 4.78 is 0. The third-order valence-corrected chi connectivity index (χ3v) is 5.33. The van der Waals surface area contributed by atoms with Crippen LogP contribution in [0, 0.1) is 11.3 Å². The smallest absolute Gasteiger partial charge is 0.312 e. The van der Waals surface area contributed by atoms with Crippen LogP contribution in [0.2, 0.25) is 0 Å². The van der Waals surface area contributed by atoms with Crippen LogP contribution in [0.15, 0.2) is 30.5 Å². The van der Waals surface area contributed by atoms with Crippen molar-refractivity contribution in [3.63, 3.8) is 0 Å². The van der Waals surface area contributed by atoms with Gasteiger partial charge in [-0.1, -0.05) is 18.2 Å². The van der Waals surface area contributed by atoms with Gasteiger partial charge in [-0.25, -0.2) is 0 Å². The van der Waals surface area contributed by atoms with Crippen molar-refractivity contribution < 1.29 is 9.59 Å². The lowest BCUT2D eigenvalue weighted by atomic mass is 10.1. The van der Waals surface area contributed by atoms with E-state index in [0.29, 0.717) is 44.8 Å². The van der Waals surface area contributed by atoms with Crippen molar-refractivity contribution in [2.75, 3.05) is 44.2 Å². The fraction of sp³-hybridized carbons (Fsp3) is 0.400. The number of pyridine rings is 1. The fourth-order valence-corrected chi connectivity index (χ4v) is 3.87. The van der Waals surface area contributed by atoms with E-state index in [9.17, 15) is 14.9 Å². The molecule has 0 unspecified atom stereocenters. The fourth-order valence-electron chi connectivity index (χ4n) is 3.87. The first kappa shape index (κ1) is 17.3. The minimum atomic E-state index is -0.406. The standard InChI is InChI=1S/C20H21N5O2/c21-13-15-14-22-17-6-2-1-5-16(17)18(15)23-9-11-25(12-10-23)20(27)19(26)24-7-3-4-8-24/h1-2,5-6,14H,3-4,7-12H2. The average molecular weight is 363 g/mol. The first-order valence-electron chi connectivity index (χ1n) is 9.30. The van der Waals surface area contributed by atoms with Gasteiger partial charge < -0.3 is 14.7 Å². The number of piperazine rings is 1. The van der Waals surface area contributed by atoms with E-state index in [1.807, 2.05) is 24.3 Å². The average Bonchev–Trinajstić information content (AvgIpc) is 3.27. The molecular weight excluding hydrogens is 342 g/mol. The summed E-state index contributed by atoms with van der Waals surface area (Å²) in [6.45, 7) is 3.47. The molecular formula is C20H21N5O2. The Balaban J connectivity index is 1.51. The van der Waals surface area contributed by atoms with E-state index < -0.39 is 5.91 Å². The Hall–Kier alpha value is -3.14. The zero-order valence-corrected chi connectivity index (χ0v) is 15.1. The number of benzene rings is 1. The summed E-state index contributed by atoms with van der Waals surface area (Å²) in [6, 6.07) is 9.98. The topological polar surface area (TPSA) is 80.5 Å². The number of fused-ring (bicyclic) bond motifs is 1. The molecule has 0 N–H and O–H groups in total. The Bertz CT molecular complexity index is 922. The molecule has 7 nitrogen and oxygen atoms in total. The molecule has 2 aliphatic heterocycles. The molecule has 1 aromatic carbocycles.